The second-order valence-corrected chi connectivity index (χ2v) is 1.62. The number of nitrogens with one attached hydrogen (secondary N) is 1. The van der Waals surface area contributed by atoms with Gasteiger partial charge in [0.2, 0.25) is 0 Å². The summed E-state index contributed by atoms with van der Waals surface area (Å²) in [5, 5.41) is 13.1. The average molecular weight is 140 g/mol. The monoisotopic (exact) mass is 140 g/mol. The van der Waals surface area contributed by atoms with Crippen molar-refractivity contribution >= 4 is 5.95 Å². The summed E-state index contributed by atoms with van der Waals surface area (Å²) in [6.45, 7) is 4.10. The van der Waals surface area contributed by atoms with Crippen molar-refractivity contribution in [3.05, 3.63) is 12.7 Å². The fourth-order valence-corrected chi connectivity index (χ4v) is 0.473. The minimum absolute atomic E-state index is 0.430. The predicted molar refractivity (Wildman–Crippen MR) is 36.7 cm³/mol. The molecule has 0 aliphatic rings. The molecule has 6 heteroatoms. The number of rotatable bonds is 3. The molecule has 1 aromatic heterocycles. The molecule has 0 aliphatic heterocycles. The standard InChI is InChI=1S/C4H8N6/c1-2-3-6-4-7-8-9-10(4)5/h2H,1,3,5H2,(H,6,7,9). The van der Waals surface area contributed by atoms with Crippen LogP contribution in [0, 0.1) is 0 Å². The third-order valence-corrected chi connectivity index (χ3v) is 0.897. The maximum atomic E-state index is 5.27. The van der Waals surface area contributed by atoms with E-state index < -0.39 is 0 Å². The molecule has 0 aliphatic carbocycles. The van der Waals surface area contributed by atoms with Crippen LogP contribution in [0.25, 0.3) is 0 Å². The molecule has 0 spiro atoms. The van der Waals surface area contributed by atoms with Gasteiger partial charge in [-0.15, -0.1) is 11.4 Å². The quantitative estimate of drug-likeness (QED) is 0.415. The predicted octanol–water partition coefficient (Wildman–Crippen LogP) is -1.02. The highest BCUT2D eigenvalue weighted by molar-refractivity contribution is 5.22. The van der Waals surface area contributed by atoms with Crippen LogP contribution < -0.4 is 11.2 Å². The van der Waals surface area contributed by atoms with E-state index in [-0.39, 0.29) is 0 Å². The highest BCUT2D eigenvalue weighted by atomic mass is 15.7. The van der Waals surface area contributed by atoms with E-state index in [1.807, 2.05) is 0 Å². The maximum Gasteiger partial charge on any atom is 0.262 e. The number of tetrazole rings is 1. The zero-order valence-electron chi connectivity index (χ0n) is 5.36. The average Bonchev–Trinajstić information content (AvgIpc) is 2.31. The van der Waals surface area contributed by atoms with E-state index in [1.165, 1.54) is 0 Å². The Morgan fingerprint density at radius 3 is 3.10 bits per heavy atom. The van der Waals surface area contributed by atoms with Crippen LogP contribution in [-0.2, 0) is 0 Å². The first-order valence-corrected chi connectivity index (χ1v) is 2.73. The van der Waals surface area contributed by atoms with Crippen molar-refractivity contribution in [1.82, 2.24) is 20.3 Å². The van der Waals surface area contributed by atoms with Crippen molar-refractivity contribution in [1.29, 1.82) is 0 Å². The van der Waals surface area contributed by atoms with Gasteiger partial charge >= 0.3 is 0 Å². The lowest BCUT2D eigenvalue weighted by Gasteiger charge is -1.96. The van der Waals surface area contributed by atoms with Crippen molar-refractivity contribution in [2.75, 3.05) is 17.7 Å². The molecule has 1 rings (SSSR count). The minimum Gasteiger partial charge on any atom is -0.348 e. The first kappa shape index (κ1) is 6.53. The van der Waals surface area contributed by atoms with Gasteiger partial charge in [0.05, 0.1) is 0 Å². The summed E-state index contributed by atoms with van der Waals surface area (Å²) >= 11 is 0. The Morgan fingerprint density at radius 2 is 2.60 bits per heavy atom. The summed E-state index contributed by atoms with van der Waals surface area (Å²) in [6, 6.07) is 0. The number of nitrogen functional groups attached to an aromatic ring is 1. The van der Waals surface area contributed by atoms with Crippen LogP contribution in [0.1, 0.15) is 0 Å². The molecule has 0 radical (unpaired) electrons. The van der Waals surface area contributed by atoms with Crippen LogP contribution in [0.2, 0.25) is 0 Å². The largest absolute Gasteiger partial charge is 0.348 e. The summed E-state index contributed by atoms with van der Waals surface area (Å²) in [5.41, 5.74) is 0. The van der Waals surface area contributed by atoms with E-state index in [2.05, 4.69) is 27.4 Å². The number of hydrogen-bond acceptors (Lipinski definition) is 5. The zero-order chi connectivity index (χ0) is 7.40. The normalized spacial score (nSPS) is 9.20. The van der Waals surface area contributed by atoms with E-state index in [4.69, 9.17) is 5.84 Å². The van der Waals surface area contributed by atoms with Gasteiger partial charge in [-0.1, -0.05) is 11.2 Å². The smallest absolute Gasteiger partial charge is 0.262 e. The van der Waals surface area contributed by atoms with E-state index in [0.717, 1.165) is 4.79 Å². The van der Waals surface area contributed by atoms with Crippen LogP contribution >= 0.6 is 0 Å². The molecule has 0 unspecified atom stereocenters. The molecule has 6 nitrogen and oxygen atoms in total. The molecule has 0 bridgehead atoms. The molecule has 10 heavy (non-hydrogen) atoms. The van der Waals surface area contributed by atoms with Gasteiger partial charge in [-0.05, 0) is 10.4 Å². The van der Waals surface area contributed by atoms with E-state index in [1.54, 1.807) is 6.08 Å². The van der Waals surface area contributed by atoms with Gasteiger partial charge in [-0.25, -0.2) is 0 Å². The molecule has 0 saturated heterocycles. The van der Waals surface area contributed by atoms with Gasteiger partial charge in [0.15, 0.2) is 0 Å². The van der Waals surface area contributed by atoms with E-state index >= 15 is 0 Å². The first-order valence-electron chi connectivity index (χ1n) is 2.73. The number of nitrogens with two attached hydrogens (primary N) is 1. The summed E-state index contributed by atoms with van der Waals surface area (Å²) in [5.74, 6) is 5.70. The lowest BCUT2D eigenvalue weighted by molar-refractivity contribution is 0.758. The molecule has 0 atom stereocenters. The Morgan fingerprint density at radius 1 is 1.80 bits per heavy atom. The molecule has 0 amide bonds. The molecule has 3 N–H and O–H groups in total. The Bertz CT molecular complexity index is 215. The highest BCUT2D eigenvalue weighted by Gasteiger charge is 1.97. The maximum absolute atomic E-state index is 5.27. The second kappa shape index (κ2) is 2.81. The lowest BCUT2D eigenvalue weighted by atomic mass is 10.6. The number of anilines is 1. The lowest BCUT2D eigenvalue weighted by Crippen LogP contribution is -2.15. The van der Waals surface area contributed by atoms with Gasteiger partial charge in [0.1, 0.15) is 0 Å². The van der Waals surface area contributed by atoms with Gasteiger partial charge in [-0.2, -0.15) is 0 Å². The Hall–Kier alpha value is -1.59. The van der Waals surface area contributed by atoms with Crippen LogP contribution in [0.15, 0.2) is 12.7 Å². The van der Waals surface area contributed by atoms with Crippen LogP contribution in [-0.4, -0.2) is 26.9 Å². The molecule has 1 heterocycles. The molecule has 54 valence electrons. The fraction of sp³-hybridized carbons (Fsp3) is 0.250. The number of nitrogens with zero attached hydrogens (tertiary/aromatic N) is 4. The second-order valence-electron chi connectivity index (χ2n) is 1.62. The SMILES string of the molecule is C=CCNc1nnnn1N. The van der Waals surface area contributed by atoms with Crippen LogP contribution in [0.3, 0.4) is 0 Å². The highest BCUT2D eigenvalue weighted by Crippen LogP contribution is 1.90. The third kappa shape index (κ3) is 1.22. The summed E-state index contributed by atoms with van der Waals surface area (Å²) in [4.78, 5) is 1.06. The molecule has 1 aromatic rings. The summed E-state index contributed by atoms with van der Waals surface area (Å²) < 4.78 is 0. The van der Waals surface area contributed by atoms with Gasteiger partial charge in [0, 0.05) is 6.54 Å². The van der Waals surface area contributed by atoms with Crippen molar-refractivity contribution in [2.24, 2.45) is 0 Å². The Balaban J connectivity index is 2.56. The minimum atomic E-state index is 0.430. The van der Waals surface area contributed by atoms with Crippen LogP contribution in [0.4, 0.5) is 5.95 Å². The van der Waals surface area contributed by atoms with Crippen LogP contribution in [0.5, 0.6) is 0 Å². The number of hydrogen-bond donors (Lipinski definition) is 2. The third-order valence-electron chi connectivity index (χ3n) is 0.897. The van der Waals surface area contributed by atoms with Gasteiger partial charge in [-0.3, -0.25) is 0 Å². The summed E-state index contributed by atoms with van der Waals surface area (Å²) in [7, 11) is 0. The molecule has 0 fully saturated rings. The van der Waals surface area contributed by atoms with Crippen molar-refractivity contribution < 1.29 is 0 Å². The molecule has 0 saturated carbocycles. The van der Waals surface area contributed by atoms with Crippen molar-refractivity contribution in [2.45, 2.75) is 0 Å². The first-order chi connectivity index (χ1) is 4.84. The zero-order valence-corrected chi connectivity index (χ0v) is 5.36. The molecule has 0 aromatic carbocycles. The fourth-order valence-electron chi connectivity index (χ4n) is 0.473. The Labute approximate surface area is 57.7 Å². The Kier molecular flexibility index (Phi) is 1.83. The van der Waals surface area contributed by atoms with E-state index in [0.29, 0.717) is 12.5 Å². The molecular weight excluding hydrogens is 132 g/mol. The topological polar surface area (TPSA) is 81.7 Å². The van der Waals surface area contributed by atoms with E-state index in [9.17, 15) is 0 Å². The summed E-state index contributed by atoms with van der Waals surface area (Å²) in [6.07, 6.45) is 1.69. The number of aromatic nitrogens is 4. The van der Waals surface area contributed by atoms with Gasteiger partial charge in [0.25, 0.3) is 5.95 Å². The van der Waals surface area contributed by atoms with Crippen molar-refractivity contribution in [3.63, 3.8) is 0 Å². The van der Waals surface area contributed by atoms with Gasteiger partial charge < -0.3 is 11.2 Å². The molecular formula is C4H8N6. The van der Waals surface area contributed by atoms with Crippen molar-refractivity contribution in [3.8, 4) is 0 Å².